The number of carboxylic acid groups (broad SMARTS) is 1. The van der Waals surface area contributed by atoms with Gasteiger partial charge < -0.3 is 10.2 Å². The van der Waals surface area contributed by atoms with Crippen LogP contribution in [0.1, 0.15) is 28.4 Å². The zero-order valence-electron chi connectivity index (χ0n) is 9.18. The minimum absolute atomic E-state index is 0.331. The summed E-state index contributed by atoms with van der Waals surface area (Å²) in [5.74, 6) is -0.892. The SMILES string of the molecule is CC(O)CN1Cc2ccc(C(=O)O)cc2C1. The highest BCUT2D eigenvalue weighted by Gasteiger charge is 2.20. The van der Waals surface area contributed by atoms with Crippen molar-refractivity contribution in [2.45, 2.75) is 26.1 Å². The van der Waals surface area contributed by atoms with E-state index in [1.807, 2.05) is 6.07 Å². The van der Waals surface area contributed by atoms with Crippen molar-refractivity contribution in [3.63, 3.8) is 0 Å². The average Bonchev–Trinajstić information content (AvgIpc) is 2.56. The van der Waals surface area contributed by atoms with Gasteiger partial charge in [-0.15, -0.1) is 0 Å². The summed E-state index contributed by atoms with van der Waals surface area (Å²) in [5.41, 5.74) is 2.55. The number of carbonyl (C=O) groups is 1. The second-order valence-corrected chi connectivity index (χ2v) is 4.31. The number of nitrogens with zero attached hydrogens (tertiary/aromatic N) is 1. The van der Waals surface area contributed by atoms with E-state index in [4.69, 9.17) is 5.11 Å². The van der Waals surface area contributed by atoms with Crippen molar-refractivity contribution in [2.24, 2.45) is 0 Å². The van der Waals surface area contributed by atoms with E-state index in [1.54, 1.807) is 19.1 Å². The monoisotopic (exact) mass is 221 g/mol. The molecule has 0 aliphatic carbocycles. The lowest BCUT2D eigenvalue weighted by atomic mass is 10.1. The Kier molecular flexibility index (Phi) is 2.94. The summed E-state index contributed by atoms with van der Waals surface area (Å²) in [6, 6.07) is 5.22. The van der Waals surface area contributed by atoms with Crippen LogP contribution in [0.3, 0.4) is 0 Å². The second-order valence-electron chi connectivity index (χ2n) is 4.31. The second kappa shape index (κ2) is 4.23. The lowest BCUT2D eigenvalue weighted by molar-refractivity contribution is 0.0696. The van der Waals surface area contributed by atoms with Crippen molar-refractivity contribution in [1.82, 2.24) is 4.90 Å². The molecule has 86 valence electrons. The van der Waals surface area contributed by atoms with Crippen molar-refractivity contribution in [2.75, 3.05) is 6.54 Å². The topological polar surface area (TPSA) is 60.8 Å². The van der Waals surface area contributed by atoms with Gasteiger partial charge in [0.25, 0.3) is 0 Å². The molecule has 0 aromatic heterocycles. The molecule has 1 aromatic rings. The smallest absolute Gasteiger partial charge is 0.335 e. The van der Waals surface area contributed by atoms with Crippen LogP contribution in [0.25, 0.3) is 0 Å². The van der Waals surface area contributed by atoms with Gasteiger partial charge in [0, 0.05) is 19.6 Å². The summed E-state index contributed by atoms with van der Waals surface area (Å²) in [6.45, 7) is 3.89. The fraction of sp³-hybridized carbons (Fsp3) is 0.417. The quantitative estimate of drug-likeness (QED) is 0.801. The third kappa shape index (κ3) is 2.23. The van der Waals surface area contributed by atoms with Crippen LogP contribution in [0.4, 0.5) is 0 Å². The van der Waals surface area contributed by atoms with Crippen molar-refractivity contribution in [3.8, 4) is 0 Å². The maximum Gasteiger partial charge on any atom is 0.335 e. The molecule has 1 aromatic carbocycles. The van der Waals surface area contributed by atoms with Crippen LogP contribution in [0.2, 0.25) is 0 Å². The van der Waals surface area contributed by atoms with Crippen LogP contribution in [0.15, 0.2) is 18.2 Å². The lowest BCUT2D eigenvalue weighted by Crippen LogP contribution is -2.25. The van der Waals surface area contributed by atoms with E-state index in [2.05, 4.69) is 4.90 Å². The number of hydrogen-bond acceptors (Lipinski definition) is 3. The van der Waals surface area contributed by atoms with Crippen molar-refractivity contribution in [3.05, 3.63) is 34.9 Å². The third-order valence-electron chi connectivity index (χ3n) is 2.76. The summed E-state index contributed by atoms with van der Waals surface area (Å²) in [4.78, 5) is 12.9. The molecule has 1 aliphatic rings. The first kappa shape index (κ1) is 11.1. The lowest BCUT2D eigenvalue weighted by Gasteiger charge is -2.16. The predicted molar refractivity (Wildman–Crippen MR) is 59.2 cm³/mol. The largest absolute Gasteiger partial charge is 0.478 e. The van der Waals surface area contributed by atoms with Gasteiger partial charge in [0.05, 0.1) is 11.7 Å². The molecule has 0 radical (unpaired) electrons. The maximum absolute atomic E-state index is 10.8. The van der Waals surface area contributed by atoms with Crippen molar-refractivity contribution >= 4 is 5.97 Å². The van der Waals surface area contributed by atoms with E-state index < -0.39 is 5.97 Å². The first-order chi connectivity index (χ1) is 7.56. The van der Waals surface area contributed by atoms with Gasteiger partial charge in [0.2, 0.25) is 0 Å². The Morgan fingerprint density at radius 2 is 2.12 bits per heavy atom. The van der Waals surface area contributed by atoms with E-state index in [0.717, 1.165) is 24.2 Å². The molecule has 1 heterocycles. The zero-order valence-corrected chi connectivity index (χ0v) is 9.18. The molecule has 4 heteroatoms. The molecule has 0 spiro atoms. The Hall–Kier alpha value is -1.39. The number of fused-ring (bicyclic) bond motifs is 1. The summed E-state index contributed by atoms with van der Waals surface area (Å²) in [6.07, 6.45) is -0.353. The van der Waals surface area contributed by atoms with E-state index in [-0.39, 0.29) is 6.10 Å². The highest BCUT2D eigenvalue weighted by molar-refractivity contribution is 5.87. The van der Waals surface area contributed by atoms with Crippen LogP contribution < -0.4 is 0 Å². The Morgan fingerprint density at radius 1 is 1.44 bits per heavy atom. The highest BCUT2D eigenvalue weighted by Crippen LogP contribution is 2.23. The minimum atomic E-state index is -0.892. The van der Waals surface area contributed by atoms with Gasteiger partial charge in [0.15, 0.2) is 0 Å². The fourth-order valence-corrected chi connectivity index (χ4v) is 2.10. The van der Waals surface area contributed by atoms with Gasteiger partial charge in [-0.1, -0.05) is 6.07 Å². The number of hydrogen-bond donors (Lipinski definition) is 2. The van der Waals surface area contributed by atoms with Crippen LogP contribution in [0.5, 0.6) is 0 Å². The van der Waals surface area contributed by atoms with Gasteiger partial charge in [0.1, 0.15) is 0 Å². The number of aliphatic hydroxyl groups is 1. The number of aromatic carboxylic acids is 1. The average molecular weight is 221 g/mol. The maximum atomic E-state index is 10.8. The molecule has 2 N–H and O–H groups in total. The predicted octanol–water partition coefficient (Wildman–Crippen LogP) is 1.08. The van der Waals surface area contributed by atoms with Crippen LogP contribution in [-0.2, 0) is 13.1 Å². The molecule has 1 atom stereocenters. The van der Waals surface area contributed by atoms with E-state index in [0.29, 0.717) is 12.1 Å². The Balaban J connectivity index is 2.15. The van der Waals surface area contributed by atoms with Gasteiger partial charge in [-0.25, -0.2) is 4.79 Å². The molecule has 4 nitrogen and oxygen atoms in total. The van der Waals surface area contributed by atoms with E-state index in [9.17, 15) is 9.90 Å². The number of carboxylic acids is 1. The summed E-state index contributed by atoms with van der Waals surface area (Å²) in [7, 11) is 0. The van der Waals surface area contributed by atoms with Crippen molar-refractivity contribution < 1.29 is 15.0 Å². The highest BCUT2D eigenvalue weighted by atomic mass is 16.4. The first-order valence-corrected chi connectivity index (χ1v) is 5.32. The molecular weight excluding hydrogens is 206 g/mol. The molecule has 0 amide bonds. The normalized spacial score (nSPS) is 17.1. The Labute approximate surface area is 94.1 Å². The number of benzene rings is 1. The molecular formula is C12H15NO3. The summed E-state index contributed by atoms with van der Waals surface area (Å²) < 4.78 is 0. The van der Waals surface area contributed by atoms with Gasteiger partial charge >= 0.3 is 5.97 Å². The third-order valence-corrected chi connectivity index (χ3v) is 2.76. The fourth-order valence-electron chi connectivity index (χ4n) is 2.10. The number of aliphatic hydroxyl groups excluding tert-OH is 1. The molecule has 1 aliphatic heterocycles. The molecule has 0 saturated carbocycles. The van der Waals surface area contributed by atoms with Crippen molar-refractivity contribution in [1.29, 1.82) is 0 Å². The molecule has 2 rings (SSSR count). The van der Waals surface area contributed by atoms with Crippen LogP contribution >= 0.6 is 0 Å². The van der Waals surface area contributed by atoms with Crippen LogP contribution in [0, 0.1) is 0 Å². The Morgan fingerprint density at radius 3 is 2.75 bits per heavy atom. The van der Waals surface area contributed by atoms with Gasteiger partial charge in [-0.3, -0.25) is 4.90 Å². The molecule has 1 unspecified atom stereocenters. The number of rotatable bonds is 3. The molecule has 0 bridgehead atoms. The molecule has 16 heavy (non-hydrogen) atoms. The first-order valence-electron chi connectivity index (χ1n) is 5.32. The number of β-amino-alcohol motifs (C(OH)–C–C–N with tert-alkyl or cyclic N) is 1. The van der Waals surface area contributed by atoms with Gasteiger partial charge in [-0.2, -0.15) is 0 Å². The zero-order chi connectivity index (χ0) is 11.7. The molecule has 0 saturated heterocycles. The standard InChI is InChI=1S/C12H15NO3/c1-8(14)5-13-6-10-3-2-9(12(15)16)4-11(10)7-13/h2-4,8,14H,5-7H2,1H3,(H,15,16). The van der Waals surface area contributed by atoms with E-state index in [1.165, 1.54) is 0 Å². The summed E-state index contributed by atoms with van der Waals surface area (Å²) >= 11 is 0. The van der Waals surface area contributed by atoms with Crippen LogP contribution in [-0.4, -0.2) is 33.7 Å². The van der Waals surface area contributed by atoms with E-state index >= 15 is 0 Å². The molecule has 0 fully saturated rings. The summed E-state index contributed by atoms with van der Waals surface area (Å²) in [5, 5.41) is 18.2. The van der Waals surface area contributed by atoms with Gasteiger partial charge in [-0.05, 0) is 30.2 Å². The minimum Gasteiger partial charge on any atom is -0.478 e. The Bertz CT molecular complexity index is 415.